The van der Waals surface area contributed by atoms with Crippen LogP contribution in [0.3, 0.4) is 0 Å². The number of carbonyl (C=O) groups excluding carboxylic acids is 1. The fourth-order valence-corrected chi connectivity index (χ4v) is 4.14. The standard InChI is InChI=1S/C26H23ClF4N2O2/c27-18-9-7-17(8-10-18)24(35-16-19-20(28)3-1-4-21(19)29)15-32-11-13-33(14-12-32)26(34)25-22(30)5-2-6-23(25)31/h1-10,24H,11-16H2. The lowest BCUT2D eigenvalue weighted by atomic mass is 10.1. The molecular weight excluding hydrogens is 484 g/mol. The first-order chi connectivity index (χ1) is 16.8. The van der Waals surface area contributed by atoms with Crippen LogP contribution in [0.4, 0.5) is 17.6 Å². The molecule has 3 aromatic rings. The molecule has 1 saturated heterocycles. The highest BCUT2D eigenvalue weighted by Gasteiger charge is 2.28. The molecule has 9 heteroatoms. The minimum Gasteiger partial charge on any atom is -0.367 e. The Balaban J connectivity index is 1.43. The van der Waals surface area contributed by atoms with Gasteiger partial charge in [0.1, 0.15) is 28.8 Å². The Labute approximate surface area is 205 Å². The number of amides is 1. The van der Waals surface area contributed by atoms with Crippen molar-refractivity contribution in [2.45, 2.75) is 12.7 Å². The lowest BCUT2D eigenvalue weighted by molar-refractivity contribution is 0.00136. The summed E-state index contributed by atoms with van der Waals surface area (Å²) in [5.74, 6) is -3.86. The number of halogens is 5. The highest BCUT2D eigenvalue weighted by Crippen LogP contribution is 2.25. The molecule has 35 heavy (non-hydrogen) atoms. The van der Waals surface area contributed by atoms with Crippen molar-refractivity contribution < 1.29 is 27.1 Å². The minimum atomic E-state index is -0.894. The fraction of sp³-hybridized carbons (Fsp3) is 0.269. The molecule has 1 fully saturated rings. The Hall–Kier alpha value is -2.94. The molecule has 0 aliphatic carbocycles. The quantitative estimate of drug-likeness (QED) is 0.390. The molecule has 1 atom stereocenters. The number of carbonyl (C=O) groups is 1. The summed E-state index contributed by atoms with van der Waals surface area (Å²) in [5, 5.41) is 0.542. The maximum Gasteiger partial charge on any atom is 0.259 e. The van der Waals surface area contributed by atoms with Gasteiger partial charge in [-0.1, -0.05) is 35.9 Å². The third-order valence-electron chi connectivity index (χ3n) is 5.99. The van der Waals surface area contributed by atoms with Gasteiger partial charge in [-0.15, -0.1) is 0 Å². The van der Waals surface area contributed by atoms with Crippen LogP contribution < -0.4 is 0 Å². The van der Waals surface area contributed by atoms with Crippen molar-refractivity contribution in [3.63, 3.8) is 0 Å². The van der Waals surface area contributed by atoms with Crippen molar-refractivity contribution in [3.8, 4) is 0 Å². The van der Waals surface area contributed by atoms with E-state index in [0.717, 1.165) is 17.7 Å². The van der Waals surface area contributed by atoms with Crippen LogP contribution in [0.25, 0.3) is 0 Å². The van der Waals surface area contributed by atoms with Crippen molar-refractivity contribution in [1.29, 1.82) is 0 Å². The average Bonchev–Trinajstić information content (AvgIpc) is 2.84. The van der Waals surface area contributed by atoms with E-state index in [-0.39, 0.29) is 25.3 Å². The SMILES string of the molecule is O=C(c1c(F)cccc1F)N1CCN(CC(OCc2c(F)cccc2F)c2ccc(Cl)cc2)CC1. The van der Waals surface area contributed by atoms with Crippen LogP contribution in [-0.2, 0) is 11.3 Å². The van der Waals surface area contributed by atoms with Gasteiger partial charge in [-0.2, -0.15) is 0 Å². The van der Waals surface area contributed by atoms with E-state index in [2.05, 4.69) is 0 Å². The van der Waals surface area contributed by atoms with E-state index in [9.17, 15) is 22.4 Å². The van der Waals surface area contributed by atoms with Crippen molar-refractivity contribution in [3.05, 3.63) is 106 Å². The maximum atomic E-state index is 14.1. The Morgan fingerprint density at radius 2 is 1.37 bits per heavy atom. The number of rotatable bonds is 7. The molecule has 184 valence electrons. The molecule has 0 saturated carbocycles. The number of piperazine rings is 1. The molecule has 1 amide bonds. The first-order valence-corrected chi connectivity index (χ1v) is 11.5. The van der Waals surface area contributed by atoms with Gasteiger partial charge in [0.15, 0.2) is 0 Å². The van der Waals surface area contributed by atoms with E-state index in [1.54, 1.807) is 24.3 Å². The van der Waals surface area contributed by atoms with Crippen molar-refractivity contribution in [2.24, 2.45) is 0 Å². The molecule has 3 aromatic carbocycles. The Morgan fingerprint density at radius 3 is 1.94 bits per heavy atom. The number of benzene rings is 3. The van der Waals surface area contributed by atoms with Crippen LogP contribution in [0.15, 0.2) is 60.7 Å². The molecule has 0 N–H and O–H groups in total. The van der Waals surface area contributed by atoms with Gasteiger partial charge in [-0.3, -0.25) is 9.69 Å². The summed E-state index contributed by atoms with van der Waals surface area (Å²) in [5.41, 5.74) is 0.0575. The largest absolute Gasteiger partial charge is 0.367 e. The molecule has 1 aliphatic rings. The summed E-state index contributed by atoms with van der Waals surface area (Å²) in [4.78, 5) is 16.1. The molecular formula is C26H23ClF4N2O2. The summed E-state index contributed by atoms with van der Waals surface area (Å²) < 4.78 is 62.2. The zero-order valence-electron chi connectivity index (χ0n) is 18.7. The van der Waals surface area contributed by atoms with Gasteiger partial charge in [0, 0.05) is 43.3 Å². The lowest BCUT2D eigenvalue weighted by Crippen LogP contribution is -2.50. The Kier molecular flexibility index (Phi) is 8.05. The van der Waals surface area contributed by atoms with E-state index in [4.69, 9.17) is 16.3 Å². The zero-order chi connectivity index (χ0) is 24.9. The maximum absolute atomic E-state index is 14.1. The second-order valence-electron chi connectivity index (χ2n) is 8.24. The van der Waals surface area contributed by atoms with Crippen molar-refractivity contribution >= 4 is 17.5 Å². The van der Waals surface area contributed by atoms with E-state index in [1.165, 1.54) is 29.2 Å². The van der Waals surface area contributed by atoms with Crippen LogP contribution in [0.5, 0.6) is 0 Å². The topological polar surface area (TPSA) is 32.8 Å². The molecule has 4 rings (SSSR count). The average molecular weight is 507 g/mol. The Morgan fingerprint density at radius 1 is 0.829 bits per heavy atom. The van der Waals surface area contributed by atoms with Gasteiger partial charge in [-0.05, 0) is 42.0 Å². The summed E-state index contributed by atoms with van der Waals surface area (Å²) in [6, 6.07) is 13.9. The smallest absolute Gasteiger partial charge is 0.259 e. The van der Waals surface area contributed by atoms with Crippen molar-refractivity contribution in [2.75, 3.05) is 32.7 Å². The number of nitrogens with zero attached hydrogens (tertiary/aromatic N) is 2. The highest BCUT2D eigenvalue weighted by molar-refractivity contribution is 6.30. The second kappa shape index (κ2) is 11.2. The van der Waals surface area contributed by atoms with Gasteiger partial charge in [0.2, 0.25) is 0 Å². The highest BCUT2D eigenvalue weighted by atomic mass is 35.5. The van der Waals surface area contributed by atoms with Gasteiger partial charge in [-0.25, -0.2) is 17.6 Å². The fourth-order valence-electron chi connectivity index (χ4n) is 4.01. The van der Waals surface area contributed by atoms with Gasteiger partial charge >= 0.3 is 0 Å². The van der Waals surface area contributed by atoms with Crippen LogP contribution in [0.2, 0.25) is 5.02 Å². The molecule has 0 aromatic heterocycles. The predicted octanol–water partition coefficient (Wildman–Crippen LogP) is 5.61. The molecule has 1 heterocycles. The van der Waals surface area contributed by atoms with Crippen LogP contribution in [0, 0.1) is 23.3 Å². The predicted molar refractivity (Wildman–Crippen MR) is 124 cm³/mol. The summed E-state index contributed by atoms with van der Waals surface area (Å²) >= 11 is 6.00. The summed E-state index contributed by atoms with van der Waals surface area (Å²) in [7, 11) is 0. The zero-order valence-corrected chi connectivity index (χ0v) is 19.5. The van der Waals surface area contributed by atoms with Crippen molar-refractivity contribution in [1.82, 2.24) is 9.80 Å². The van der Waals surface area contributed by atoms with E-state index in [1.807, 2.05) is 4.90 Å². The third kappa shape index (κ3) is 6.01. The lowest BCUT2D eigenvalue weighted by Gasteiger charge is -2.36. The summed E-state index contributed by atoms with van der Waals surface area (Å²) in [6.07, 6.45) is -0.530. The Bertz CT molecular complexity index is 1140. The molecule has 0 bridgehead atoms. The van der Waals surface area contributed by atoms with Gasteiger partial charge in [0.05, 0.1) is 12.7 Å². The first-order valence-electron chi connectivity index (χ1n) is 11.1. The van der Waals surface area contributed by atoms with Crippen LogP contribution in [0.1, 0.15) is 27.6 Å². The number of hydrogen-bond acceptors (Lipinski definition) is 3. The van der Waals surface area contributed by atoms with Gasteiger partial charge in [0.25, 0.3) is 5.91 Å². The molecule has 4 nitrogen and oxygen atoms in total. The molecule has 1 aliphatic heterocycles. The first kappa shape index (κ1) is 25.2. The number of hydrogen-bond donors (Lipinski definition) is 0. The van der Waals surface area contributed by atoms with E-state index < -0.39 is 40.8 Å². The normalized spacial score (nSPS) is 15.3. The summed E-state index contributed by atoms with van der Waals surface area (Å²) in [6.45, 7) is 1.51. The molecule has 1 unspecified atom stereocenters. The third-order valence-corrected chi connectivity index (χ3v) is 6.24. The number of ether oxygens (including phenoxy) is 1. The second-order valence-corrected chi connectivity index (χ2v) is 8.68. The van der Waals surface area contributed by atoms with E-state index in [0.29, 0.717) is 24.7 Å². The van der Waals surface area contributed by atoms with E-state index >= 15 is 0 Å². The van der Waals surface area contributed by atoms with Gasteiger partial charge < -0.3 is 9.64 Å². The minimum absolute atomic E-state index is 0.159. The molecule has 0 spiro atoms. The van der Waals surface area contributed by atoms with Crippen LogP contribution in [-0.4, -0.2) is 48.4 Å². The monoisotopic (exact) mass is 506 g/mol. The van der Waals surface area contributed by atoms with Crippen LogP contribution >= 0.6 is 11.6 Å². The molecule has 0 radical (unpaired) electrons.